The molecule has 1 aliphatic carbocycles. The number of hydrogen-bond acceptors (Lipinski definition) is 2. The van der Waals surface area contributed by atoms with Crippen LogP contribution in [0.1, 0.15) is 24.5 Å². The third kappa shape index (κ3) is 0.994. The Morgan fingerprint density at radius 3 is 2.92 bits per heavy atom. The Labute approximate surface area is 71.5 Å². The van der Waals surface area contributed by atoms with Gasteiger partial charge < -0.3 is 10.2 Å². The Morgan fingerprint density at radius 2 is 2.17 bits per heavy atom. The van der Waals surface area contributed by atoms with Crippen molar-refractivity contribution < 1.29 is 10.2 Å². The van der Waals surface area contributed by atoms with Crippen LogP contribution in [-0.4, -0.2) is 10.2 Å². The van der Waals surface area contributed by atoms with E-state index < -0.39 is 5.60 Å². The highest BCUT2D eigenvalue weighted by atomic mass is 16.3. The molecule has 1 aromatic carbocycles. The molecule has 1 unspecified atom stereocenters. The van der Waals surface area contributed by atoms with Crippen LogP contribution >= 0.6 is 0 Å². The monoisotopic (exact) mass is 164 g/mol. The van der Waals surface area contributed by atoms with Crippen molar-refractivity contribution in [3.05, 3.63) is 29.3 Å². The first-order valence-electron chi connectivity index (χ1n) is 4.14. The Balaban J connectivity index is 2.57. The van der Waals surface area contributed by atoms with Crippen molar-refractivity contribution in [2.45, 2.75) is 25.4 Å². The zero-order chi connectivity index (χ0) is 8.77. The average molecular weight is 164 g/mol. The lowest BCUT2D eigenvalue weighted by Crippen LogP contribution is -2.16. The van der Waals surface area contributed by atoms with Crippen LogP contribution in [0, 0.1) is 0 Å². The molecule has 2 nitrogen and oxygen atoms in total. The van der Waals surface area contributed by atoms with Crippen LogP contribution in [0.15, 0.2) is 18.2 Å². The van der Waals surface area contributed by atoms with Gasteiger partial charge in [-0.2, -0.15) is 0 Å². The van der Waals surface area contributed by atoms with Crippen LogP contribution in [0.2, 0.25) is 0 Å². The maximum Gasteiger partial charge on any atom is 0.115 e. The fraction of sp³-hybridized carbons (Fsp3) is 0.400. The van der Waals surface area contributed by atoms with E-state index in [9.17, 15) is 10.2 Å². The molecule has 0 radical (unpaired) electrons. The molecule has 12 heavy (non-hydrogen) atoms. The minimum Gasteiger partial charge on any atom is -0.508 e. The van der Waals surface area contributed by atoms with E-state index in [0.29, 0.717) is 0 Å². The second kappa shape index (κ2) is 2.23. The van der Waals surface area contributed by atoms with E-state index in [2.05, 4.69) is 0 Å². The Kier molecular flexibility index (Phi) is 1.42. The van der Waals surface area contributed by atoms with Crippen LogP contribution in [0.4, 0.5) is 0 Å². The van der Waals surface area contributed by atoms with Crippen LogP contribution in [-0.2, 0) is 12.0 Å². The van der Waals surface area contributed by atoms with E-state index in [0.717, 1.165) is 24.0 Å². The van der Waals surface area contributed by atoms with Crippen molar-refractivity contribution in [2.24, 2.45) is 0 Å². The molecular formula is C10H12O2. The van der Waals surface area contributed by atoms with Crippen molar-refractivity contribution in [1.82, 2.24) is 0 Å². The molecule has 0 saturated heterocycles. The van der Waals surface area contributed by atoms with Gasteiger partial charge in [0.1, 0.15) is 5.75 Å². The molecule has 0 fully saturated rings. The summed E-state index contributed by atoms with van der Waals surface area (Å²) < 4.78 is 0. The molecule has 0 bridgehead atoms. The molecule has 2 heteroatoms. The Hall–Kier alpha value is -1.02. The van der Waals surface area contributed by atoms with Crippen molar-refractivity contribution in [1.29, 1.82) is 0 Å². The Bertz CT molecular complexity index is 316. The molecule has 64 valence electrons. The molecule has 1 aliphatic rings. The van der Waals surface area contributed by atoms with Gasteiger partial charge in [0.25, 0.3) is 0 Å². The minimum absolute atomic E-state index is 0.232. The molecule has 2 N–H and O–H groups in total. The first-order valence-corrected chi connectivity index (χ1v) is 4.14. The number of phenols is 1. The predicted octanol–water partition coefficient (Wildman–Crippen LogP) is 1.55. The van der Waals surface area contributed by atoms with Gasteiger partial charge >= 0.3 is 0 Å². The molecule has 0 aromatic heterocycles. The SMILES string of the molecule is CC1(O)CCc2ccc(O)cc21. The van der Waals surface area contributed by atoms with Gasteiger partial charge in [0, 0.05) is 0 Å². The number of rotatable bonds is 0. The Morgan fingerprint density at radius 1 is 1.42 bits per heavy atom. The molecule has 0 heterocycles. The van der Waals surface area contributed by atoms with Crippen molar-refractivity contribution >= 4 is 0 Å². The van der Waals surface area contributed by atoms with Crippen molar-refractivity contribution in [3.8, 4) is 5.75 Å². The lowest BCUT2D eigenvalue weighted by atomic mass is 9.98. The van der Waals surface area contributed by atoms with E-state index in [1.165, 1.54) is 0 Å². The maximum absolute atomic E-state index is 9.86. The van der Waals surface area contributed by atoms with Crippen molar-refractivity contribution in [2.75, 3.05) is 0 Å². The fourth-order valence-corrected chi connectivity index (χ4v) is 1.80. The van der Waals surface area contributed by atoms with Crippen LogP contribution in [0.3, 0.4) is 0 Å². The number of hydrogen-bond donors (Lipinski definition) is 2. The topological polar surface area (TPSA) is 40.5 Å². The number of aromatic hydroxyl groups is 1. The van der Waals surface area contributed by atoms with Crippen molar-refractivity contribution in [3.63, 3.8) is 0 Å². The third-order valence-electron chi connectivity index (χ3n) is 2.55. The van der Waals surface area contributed by atoms with E-state index >= 15 is 0 Å². The second-order valence-corrected chi connectivity index (χ2v) is 3.62. The fourth-order valence-electron chi connectivity index (χ4n) is 1.80. The molecule has 0 amide bonds. The second-order valence-electron chi connectivity index (χ2n) is 3.62. The molecule has 0 saturated carbocycles. The van der Waals surface area contributed by atoms with Crippen LogP contribution in [0.5, 0.6) is 5.75 Å². The summed E-state index contributed by atoms with van der Waals surface area (Å²) in [5, 5.41) is 19.1. The number of aliphatic hydroxyl groups is 1. The highest BCUT2D eigenvalue weighted by Crippen LogP contribution is 2.37. The molecule has 0 aliphatic heterocycles. The molecular weight excluding hydrogens is 152 g/mol. The number of phenolic OH excluding ortho intramolecular Hbond substituents is 1. The number of aryl methyl sites for hydroxylation is 1. The first-order chi connectivity index (χ1) is 5.59. The van der Waals surface area contributed by atoms with Crippen LogP contribution < -0.4 is 0 Å². The van der Waals surface area contributed by atoms with Gasteiger partial charge in [0.2, 0.25) is 0 Å². The lowest BCUT2D eigenvalue weighted by Gasteiger charge is -2.17. The van der Waals surface area contributed by atoms with Gasteiger partial charge in [0.05, 0.1) is 5.60 Å². The van der Waals surface area contributed by atoms with Gasteiger partial charge in [-0.15, -0.1) is 0 Å². The van der Waals surface area contributed by atoms with E-state index in [-0.39, 0.29) is 5.75 Å². The summed E-state index contributed by atoms with van der Waals surface area (Å²) in [4.78, 5) is 0. The predicted molar refractivity (Wildman–Crippen MR) is 46.0 cm³/mol. The van der Waals surface area contributed by atoms with E-state index in [1.54, 1.807) is 19.1 Å². The number of benzene rings is 1. The van der Waals surface area contributed by atoms with Gasteiger partial charge in [-0.05, 0) is 43.0 Å². The summed E-state index contributed by atoms with van der Waals surface area (Å²) >= 11 is 0. The summed E-state index contributed by atoms with van der Waals surface area (Å²) in [5.74, 6) is 0.232. The highest BCUT2D eigenvalue weighted by molar-refractivity contribution is 5.41. The summed E-state index contributed by atoms with van der Waals surface area (Å²) in [6, 6.07) is 5.20. The van der Waals surface area contributed by atoms with Gasteiger partial charge in [-0.3, -0.25) is 0 Å². The summed E-state index contributed by atoms with van der Waals surface area (Å²) in [6.45, 7) is 1.79. The van der Waals surface area contributed by atoms with E-state index in [4.69, 9.17) is 0 Å². The minimum atomic E-state index is -0.742. The molecule has 0 spiro atoms. The zero-order valence-electron chi connectivity index (χ0n) is 7.04. The average Bonchev–Trinajstić information content (AvgIpc) is 2.28. The largest absolute Gasteiger partial charge is 0.508 e. The number of fused-ring (bicyclic) bond motifs is 1. The van der Waals surface area contributed by atoms with E-state index in [1.807, 2.05) is 6.07 Å². The quantitative estimate of drug-likeness (QED) is 0.610. The standard InChI is InChI=1S/C10H12O2/c1-10(12)5-4-7-2-3-8(11)6-9(7)10/h2-3,6,11-12H,4-5H2,1H3. The normalized spacial score (nSPS) is 27.2. The maximum atomic E-state index is 9.86. The zero-order valence-corrected chi connectivity index (χ0v) is 7.04. The lowest BCUT2D eigenvalue weighted by molar-refractivity contribution is 0.0593. The third-order valence-corrected chi connectivity index (χ3v) is 2.55. The highest BCUT2D eigenvalue weighted by Gasteiger charge is 2.31. The van der Waals surface area contributed by atoms with Crippen LogP contribution in [0.25, 0.3) is 0 Å². The smallest absolute Gasteiger partial charge is 0.115 e. The van der Waals surface area contributed by atoms with Gasteiger partial charge in [0.15, 0.2) is 0 Å². The van der Waals surface area contributed by atoms with Gasteiger partial charge in [-0.1, -0.05) is 6.07 Å². The first kappa shape index (κ1) is 7.62. The summed E-state index contributed by atoms with van der Waals surface area (Å²) in [5.41, 5.74) is 1.29. The summed E-state index contributed by atoms with van der Waals surface area (Å²) in [6.07, 6.45) is 1.66. The summed E-state index contributed by atoms with van der Waals surface area (Å²) in [7, 11) is 0. The van der Waals surface area contributed by atoms with Gasteiger partial charge in [-0.25, -0.2) is 0 Å². The molecule has 1 aromatic rings. The molecule has 2 rings (SSSR count). The molecule has 1 atom stereocenters.